The van der Waals surface area contributed by atoms with Crippen molar-refractivity contribution in [1.29, 1.82) is 0 Å². The molecule has 0 aliphatic heterocycles. The van der Waals surface area contributed by atoms with E-state index in [4.69, 9.17) is 9.40 Å². The van der Waals surface area contributed by atoms with Gasteiger partial charge in [-0.05, 0) is 70.3 Å². The molecule has 0 atom stereocenters. The highest BCUT2D eigenvalue weighted by Gasteiger charge is 2.17. The lowest BCUT2D eigenvalue weighted by atomic mass is 10.0. The van der Waals surface area contributed by atoms with Crippen molar-refractivity contribution in [3.8, 4) is 22.6 Å². The monoisotopic (exact) mass is 538 g/mol. The Morgan fingerprint density at radius 2 is 1.17 bits per heavy atom. The molecule has 0 fully saturated rings. The van der Waals surface area contributed by atoms with Gasteiger partial charge in [0.15, 0.2) is 5.58 Å². The zero-order valence-corrected chi connectivity index (χ0v) is 22.8. The van der Waals surface area contributed by atoms with Crippen molar-refractivity contribution in [1.82, 2.24) is 4.98 Å². The predicted molar refractivity (Wildman–Crippen MR) is 175 cm³/mol. The van der Waals surface area contributed by atoms with Gasteiger partial charge in [-0.1, -0.05) is 109 Å². The largest absolute Gasteiger partial charge is 0.435 e. The summed E-state index contributed by atoms with van der Waals surface area (Å²) in [5, 5.41) is 4.85. The van der Waals surface area contributed by atoms with E-state index in [1.54, 1.807) is 0 Å². The Morgan fingerprint density at radius 1 is 0.476 bits per heavy atom. The molecular weight excluding hydrogens is 512 g/mol. The first kappa shape index (κ1) is 24.2. The Labute approximate surface area is 243 Å². The number of rotatable bonds is 5. The molecule has 0 unspecified atom stereocenters. The number of aromatic nitrogens is 1. The fourth-order valence-corrected chi connectivity index (χ4v) is 5.82. The van der Waals surface area contributed by atoms with Gasteiger partial charge in [-0.15, -0.1) is 0 Å². The van der Waals surface area contributed by atoms with Gasteiger partial charge >= 0.3 is 0 Å². The van der Waals surface area contributed by atoms with E-state index in [0.29, 0.717) is 5.89 Å². The Balaban J connectivity index is 1.26. The maximum Gasteiger partial charge on any atom is 0.227 e. The summed E-state index contributed by atoms with van der Waals surface area (Å²) in [7, 11) is 0. The molecule has 0 aliphatic carbocycles. The lowest BCUT2D eigenvalue weighted by Crippen LogP contribution is -2.10. The molecule has 0 amide bonds. The molecule has 3 nitrogen and oxygen atoms in total. The van der Waals surface area contributed by atoms with Crippen LogP contribution in [0.4, 0.5) is 17.1 Å². The quantitative estimate of drug-likeness (QED) is 0.218. The van der Waals surface area contributed by atoms with Gasteiger partial charge in [-0.25, -0.2) is 4.98 Å². The fraction of sp³-hybridized carbons (Fsp3) is 0. The highest BCUT2D eigenvalue weighted by atomic mass is 16.3. The van der Waals surface area contributed by atoms with E-state index >= 15 is 0 Å². The van der Waals surface area contributed by atoms with Gasteiger partial charge in [-0.3, -0.25) is 0 Å². The summed E-state index contributed by atoms with van der Waals surface area (Å²) >= 11 is 0. The Hall–Kier alpha value is -5.67. The number of oxazole rings is 1. The topological polar surface area (TPSA) is 29.3 Å². The molecule has 0 aliphatic rings. The maximum atomic E-state index is 6.32. The van der Waals surface area contributed by atoms with E-state index < -0.39 is 0 Å². The third-order valence-electron chi connectivity index (χ3n) is 7.87. The number of benzene rings is 7. The highest BCUT2D eigenvalue weighted by Crippen LogP contribution is 2.41. The molecule has 3 heteroatoms. The first-order valence-corrected chi connectivity index (χ1v) is 14.1. The normalized spacial score (nSPS) is 11.3. The van der Waals surface area contributed by atoms with Crippen LogP contribution in [0.2, 0.25) is 0 Å². The number of hydrogen-bond acceptors (Lipinski definition) is 3. The molecule has 8 rings (SSSR count). The van der Waals surface area contributed by atoms with E-state index in [1.165, 1.54) is 21.5 Å². The third-order valence-corrected chi connectivity index (χ3v) is 7.87. The third kappa shape index (κ3) is 4.20. The van der Waals surface area contributed by atoms with Gasteiger partial charge in [0.2, 0.25) is 5.89 Å². The number of nitrogens with zero attached hydrogens (tertiary/aromatic N) is 2. The van der Waals surface area contributed by atoms with Crippen molar-refractivity contribution in [2.45, 2.75) is 0 Å². The van der Waals surface area contributed by atoms with Gasteiger partial charge in [0.1, 0.15) is 5.52 Å². The number of hydrogen-bond donors (Lipinski definition) is 0. The minimum Gasteiger partial charge on any atom is -0.435 e. The zero-order chi connectivity index (χ0) is 27.9. The van der Waals surface area contributed by atoms with Gasteiger partial charge < -0.3 is 9.32 Å². The van der Waals surface area contributed by atoms with Crippen LogP contribution in [0.25, 0.3) is 55.2 Å². The number of para-hydroxylation sites is 1. The second-order valence-electron chi connectivity index (χ2n) is 10.5. The lowest BCUT2D eigenvalue weighted by Gasteiger charge is -2.27. The molecule has 8 aromatic rings. The van der Waals surface area contributed by atoms with Crippen LogP contribution in [-0.2, 0) is 0 Å². The second kappa shape index (κ2) is 10.1. The van der Waals surface area contributed by atoms with E-state index in [9.17, 15) is 0 Å². The van der Waals surface area contributed by atoms with Crippen LogP contribution in [0.1, 0.15) is 0 Å². The molecule has 0 N–H and O–H groups in total. The summed E-state index contributed by atoms with van der Waals surface area (Å²) < 4.78 is 6.32. The van der Waals surface area contributed by atoms with Crippen LogP contribution in [0.15, 0.2) is 162 Å². The van der Waals surface area contributed by atoms with E-state index in [0.717, 1.165) is 44.9 Å². The highest BCUT2D eigenvalue weighted by molar-refractivity contribution is 6.00. The molecule has 0 bridgehead atoms. The van der Waals surface area contributed by atoms with Gasteiger partial charge in [0, 0.05) is 27.9 Å². The number of fused-ring (bicyclic) bond motifs is 3. The summed E-state index contributed by atoms with van der Waals surface area (Å²) in [5.41, 5.74) is 8.06. The van der Waals surface area contributed by atoms with Crippen LogP contribution >= 0.6 is 0 Å². The standard InChI is InChI=1S/C39H26N2O/c1-2-12-30(13-3-1)39-40-36-18-9-17-35(38(36)42-39)29-21-23-32(24-22-29)41(33-25-20-27-10-4-5-14-31(27)26-33)37-19-8-15-28-11-6-7-16-34(28)37/h1-26H. The molecular formula is C39H26N2O. The van der Waals surface area contributed by atoms with Crippen molar-refractivity contribution in [3.63, 3.8) is 0 Å². The molecule has 0 spiro atoms. The summed E-state index contributed by atoms with van der Waals surface area (Å²) in [4.78, 5) is 7.12. The average molecular weight is 539 g/mol. The fourth-order valence-electron chi connectivity index (χ4n) is 5.82. The van der Waals surface area contributed by atoms with Crippen LogP contribution < -0.4 is 4.90 Å². The molecule has 7 aromatic carbocycles. The van der Waals surface area contributed by atoms with Crippen LogP contribution in [0.3, 0.4) is 0 Å². The minimum absolute atomic E-state index is 0.633. The minimum atomic E-state index is 0.633. The van der Waals surface area contributed by atoms with Crippen molar-refractivity contribution < 1.29 is 4.42 Å². The molecule has 0 radical (unpaired) electrons. The molecule has 0 saturated carbocycles. The molecule has 1 heterocycles. The summed E-state index contributed by atoms with van der Waals surface area (Å²) in [6.07, 6.45) is 0. The van der Waals surface area contributed by atoms with Gasteiger partial charge in [-0.2, -0.15) is 0 Å². The first-order chi connectivity index (χ1) is 20.8. The summed E-state index contributed by atoms with van der Waals surface area (Å²) in [6, 6.07) is 55.2. The van der Waals surface area contributed by atoms with E-state index in [1.807, 2.05) is 42.5 Å². The summed E-state index contributed by atoms with van der Waals surface area (Å²) in [5.74, 6) is 0.633. The number of anilines is 3. The van der Waals surface area contributed by atoms with Gasteiger partial charge in [0.25, 0.3) is 0 Å². The second-order valence-corrected chi connectivity index (χ2v) is 10.5. The van der Waals surface area contributed by atoms with Crippen molar-refractivity contribution in [2.24, 2.45) is 0 Å². The predicted octanol–water partition coefficient (Wildman–Crippen LogP) is 10.9. The Morgan fingerprint density at radius 3 is 2.02 bits per heavy atom. The SMILES string of the molecule is c1ccc(-c2nc3cccc(-c4ccc(N(c5ccc6ccccc6c5)c5cccc6ccccc56)cc4)c3o2)cc1. The van der Waals surface area contributed by atoms with E-state index in [-0.39, 0.29) is 0 Å². The summed E-state index contributed by atoms with van der Waals surface area (Å²) in [6.45, 7) is 0. The van der Waals surface area contributed by atoms with Crippen molar-refractivity contribution >= 4 is 49.7 Å². The van der Waals surface area contributed by atoms with Crippen LogP contribution in [-0.4, -0.2) is 4.98 Å². The van der Waals surface area contributed by atoms with Crippen molar-refractivity contribution in [2.75, 3.05) is 4.90 Å². The zero-order valence-electron chi connectivity index (χ0n) is 22.8. The van der Waals surface area contributed by atoms with E-state index in [2.05, 4.69) is 120 Å². The lowest BCUT2D eigenvalue weighted by molar-refractivity contribution is 0.621. The van der Waals surface area contributed by atoms with Crippen LogP contribution in [0.5, 0.6) is 0 Å². The molecule has 42 heavy (non-hydrogen) atoms. The average Bonchev–Trinajstić information content (AvgIpc) is 3.51. The molecule has 198 valence electrons. The van der Waals surface area contributed by atoms with Crippen LogP contribution in [0, 0.1) is 0 Å². The van der Waals surface area contributed by atoms with Gasteiger partial charge in [0.05, 0.1) is 5.69 Å². The Bertz CT molecular complexity index is 2190. The first-order valence-electron chi connectivity index (χ1n) is 14.1. The molecule has 0 saturated heterocycles. The smallest absolute Gasteiger partial charge is 0.227 e. The van der Waals surface area contributed by atoms with Crippen molar-refractivity contribution in [3.05, 3.63) is 158 Å². The Kier molecular flexibility index (Phi) is 5.79. The maximum absolute atomic E-state index is 6.32. The molecule has 1 aromatic heterocycles.